The van der Waals surface area contributed by atoms with E-state index in [0.717, 1.165) is 42.8 Å². The second-order valence-electron chi connectivity index (χ2n) is 7.28. The van der Waals surface area contributed by atoms with Gasteiger partial charge in [-0.2, -0.15) is 0 Å². The van der Waals surface area contributed by atoms with Crippen LogP contribution in [0.5, 0.6) is 5.75 Å². The summed E-state index contributed by atoms with van der Waals surface area (Å²) in [6.07, 6.45) is 3.91. The number of benzene rings is 2. The maximum absolute atomic E-state index is 12.8. The zero-order valence-electron chi connectivity index (χ0n) is 16.5. The molecule has 0 bridgehead atoms. The van der Waals surface area contributed by atoms with Gasteiger partial charge in [0.1, 0.15) is 24.8 Å². The molecule has 0 radical (unpaired) electrons. The number of nitrogens with zero attached hydrogens (tertiary/aromatic N) is 2. The quantitative estimate of drug-likeness (QED) is 0.489. The first-order chi connectivity index (χ1) is 14.1. The van der Waals surface area contributed by atoms with E-state index in [1.165, 1.54) is 0 Å². The van der Waals surface area contributed by atoms with Crippen molar-refractivity contribution in [2.45, 2.75) is 39.2 Å². The lowest BCUT2D eigenvalue weighted by Gasteiger charge is -2.11. The molecule has 0 saturated heterocycles. The van der Waals surface area contributed by atoms with Gasteiger partial charge >= 0.3 is 5.97 Å². The summed E-state index contributed by atoms with van der Waals surface area (Å²) in [7, 11) is 0. The van der Waals surface area contributed by atoms with E-state index in [1.807, 2.05) is 31.2 Å². The highest BCUT2D eigenvalue weighted by Gasteiger charge is 2.16. The molecular weight excluding hydrogens is 368 g/mol. The van der Waals surface area contributed by atoms with Gasteiger partial charge in [0.25, 0.3) is 5.56 Å². The molecule has 1 aromatic heterocycles. The highest BCUT2D eigenvalue weighted by molar-refractivity contribution is 5.94. The molecule has 0 spiro atoms. The van der Waals surface area contributed by atoms with Gasteiger partial charge in [-0.15, -0.1) is 0 Å². The average Bonchev–Trinajstić information content (AvgIpc) is 2.97. The van der Waals surface area contributed by atoms with Crippen molar-refractivity contribution in [1.82, 2.24) is 9.55 Å². The van der Waals surface area contributed by atoms with Crippen molar-refractivity contribution in [2.75, 3.05) is 13.2 Å². The maximum atomic E-state index is 12.8. The molecule has 0 aliphatic carbocycles. The monoisotopic (exact) mass is 392 g/mol. The first kappa shape index (κ1) is 19.2. The number of aryl methyl sites for hydroxylation is 2. The number of ether oxygens (including phenoxy) is 2. The molecule has 29 heavy (non-hydrogen) atoms. The van der Waals surface area contributed by atoms with E-state index in [1.54, 1.807) is 22.8 Å². The predicted molar refractivity (Wildman–Crippen MR) is 111 cm³/mol. The molecule has 0 unspecified atom stereocenters. The lowest BCUT2D eigenvalue weighted by molar-refractivity contribution is 0.0450. The van der Waals surface area contributed by atoms with Gasteiger partial charge in [0, 0.05) is 13.0 Å². The Morgan fingerprint density at radius 3 is 2.83 bits per heavy atom. The van der Waals surface area contributed by atoms with Crippen LogP contribution >= 0.6 is 0 Å². The Kier molecular flexibility index (Phi) is 5.60. The van der Waals surface area contributed by atoms with Crippen LogP contribution in [-0.4, -0.2) is 28.7 Å². The lowest BCUT2D eigenvalue weighted by atomic mass is 10.1. The number of hydrogen-bond acceptors (Lipinski definition) is 5. The minimum absolute atomic E-state index is 0.0292. The number of carbonyl (C=O) groups is 1. The molecule has 6 nitrogen and oxygen atoms in total. The normalized spacial score (nSPS) is 13.6. The topological polar surface area (TPSA) is 70.4 Å². The Morgan fingerprint density at radius 2 is 1.97 bits per heavy atom. The summed E-state index contributed by atoms with van der Waals surface area (Å²) in [5, 5.41) is 0.537. The molecule has 1 aliphatic rings. The fourth-order valence-electron chi connectivity index (χ4n) is 3.63. The van der Waals surface area contributed by atoms with Crippen molar-refractivity contribution in [3.05, 3.63) is 69.8 Å². The van der Waals surface area contributed by atoms with Crippen LogP contribution in [0.3, 0.4) is 0 Å². The SMILES string of the molecule is Cc1ccccc1OCCOC(=O)c1ccc2c(=O)n3c(nc2c1)CCCCC3. The van der Waals surface area contributed by atoms with Crippen LogP contribution < -0.4 is 10.3 Å². The van der Waals surface area contributed by atoms with Crippen LogP contribution in [0.15, 0.2) is 47.3 Å². The Bertz CT molecular complexity index is 1100. The fraction of sp³-hybridized carbons (Fsp3) is 0.348. The molecule has 1 aliphatic heterocycles. The second kappa shape index (κ2) is 8.47. The Morgan fingerprint density at radius 1 is 1.10 bits per heavy atom. The summed E-state index contributed by atoms with van der Waals surface area (Å²) in [5.41, 5.74) is 1.94. The zero-order chi connectivity index (χ0) is 20.2. The molecule has 2 aromatic carbocycles. The number of para-hydroxylation sites is 1. The second-order valence-corrected chi connectivity index (χ2v) is 7.28. The molecule has 3 aromatic rings. The van der Waals surface area contributed by atoms with Gasteiger partial charge in [-0.1, -0.05) is 24.6 Å². The van der Waals surface area contributed by atoms with E-state index in [9.17, 15) is 9.59 Å². The van der Waals surface area contributed by atoms with Crippen molar-refractivity contribution in [3.8, 4) is 5.75 Å². The largest absolute Gasteiger partial charge is 0.490 e. The van der Waals surface area contributed by atoms with Crippen molar-refractivity contribution < 1.29 is 14.3 Å². The standard InChI is InChI=1S/C23H24N2O4/c1-16-7-4-5-8-20(16)28-13-14-29-23(27)17-10-11-18-19(15-17)24-21-9-3-2-6-12-25(21)22(18)26/h4-5,7-8,10-11,15H,2-3,6,9,12-14H2,1H3. The Balaban J connectivity index is 1.45. The van der Waals surface area contributed by atoms with Crippen molar-refractivity contribution >= 4 is 16.9 Å². The number of esters is 1. The van der Waals surface area contributed by atoms with E-state index >= 15 is 0 Å². The van der Waals surface area contributed by atoms with Gasteiger partial charge < -0.3 is 9.47 Å². The maximum Gasteiger partial charge on any atom is 0.338 e. The van der Waals surface area contributed by atoms with Gasteiger partial charge in [0.2, 0.25) is 0 Å². The Labute approximate surface area is 169 Å². The summed E-state index contributed by atoms with van der Waals surface area (Å²) >= 11 is 0. The van der Waals surface area contributed by atoms with Crippen LogP contribution in [0, 0.1) is 6.92 Å². The molecule has 4 rings (SSSR count). The molecule has 150 valence electrons. The summed E-state index contributed by atoms with van der Waals surface area (Å²) in [6.45, 7) is 3.09. The number of aromatic nitrogens is 2. The first-order valence-corrected chi connectivity index (χ1v) is 10.0. The van der Waals surface area contributed by atoms with E-state index < -0.39 is 5.97 Å². The Hall–Kier alpha value is -3.15. The molecule has 0 N–H and O–H groups in total. The van der Waals surface area contributed by atoms with Crippen LogP contribution in [0.1, 0.15) is 41.0 Å². The molecule has 0 amide bonds. The predicted octanol–water partition coefficient (Wildman–Crippen LogP) is 3.67. The van der Waals surface area contributed by atoms with Gasteiger partial charge in [0.05, 0.1) is 16.5 Å². The van der Waals surface area contributed by atoms with E-state index in [-0.39, 0.29) is 18.8 Å². The third-order valence-corrected chi connectivity index (χ3v) is 5.22. The van der Waals surface area contributed by atoms with E-state index in [0.29, 0.717) is 23.0 Å². The minimum atomic E-state index is -0.447. The molecule has 6 heteroatoms. The summed E-state index contributed by atoms with van der Waals surface area (Å²) < 4.78 is 12.7. The van der Waals surface area contributed by atoms with Crippen LogP contribution in [0.25, 0.3) is 10.9 Å². The smallest absolute Gasteiger partial charge is 0.338 e. The number of fused-ring (bicyclic) bond motifs is 2. The highest BCUT2D eigenvalue weighted by atomic mass is 16.6. The molecule has 2 heterocycles. The highest BCUT2D eigenvalue weighted by Crippen LogP contribution is 2.18. The van der Waals surface area contributed by atoms with Gasteiger partial charge in [-0.3, -0.25) is 9.36 Å². The number of carbonyl (C=O) groups excluding carboxylic acids is 1. The summed E-state index contributed by atoms with van der Waals surface area (Å²) in [4.78, 5) is 29.8. The first-order valence-electron chi connectivity index (χ1n) is 10.0. The average molecular weight is 392 g/mol. The summed E-state index contributed by atoms with van der Waals surface area (Å²) in [5.74, 6) is 1.13. The zero-order valence-corrected chi connectivity index (χ0v) is 16.5. The van der Waals surface area contributed by atoms with Gasteiger partial charge in [0.15, 0.2) is 0 Å². The van der Waals surface area contributed by atoms with Crippen molar-refractivity contribution in [3.63, 3.8) is 0 Å². The van der Waals surface area contributed by atoms with Crippen molar-refractivity contribution in [1.29, 1.82) is 0 Å². The third-order valence-electron chi connectivity index (χ3n) is 5.22. The van der Waals surface area contributed by atoms with Crippen LogP contribution in [0.2, 0.25) is 0 Å². The molecular formula is C23H24N2O4. The summed E-state index contributed by atoms with van der Waals surface area (Å²) in [6, 6.07) is 12.6. The van der Waals surface area contributed by atoms with Crippen molar-refractivity contribution in [2.24, 2.45) is 0 Å². The van der Waals surface area contributed by atoms with E-state index in [2.05, 4.69) is 4.98 Å². The molecule has 0 atom stereocenters. The number of hydrogen-bond donors (Lipinski definition) is 0. The molecule has 0 fully saturated rings. The fourth-order valence-corrected chi connectivity index (χ4v) is 3.63. The number of rotatable bonds is 5. The van der Waals surface area contributed by atoms with Gasteiger partial charge in [-0.05, 0) is 49.6 Å². The minimum Gasteiger partial charge on any atom is -0.490 e. The van der Waals surface area contributed by atoms with Gasteiger partial charge in [-0.25, -0.2) is 9.78 Å². The van der Waals surface area contributed by atoms with Crippen LogP contribution in [-0.2, 0) is 17.7 Å². The van der Waals surface area contributed by atoms with E-state index in [4.69, 9.17) is 9.47 Å². The molecule has 0 saturated carbocycles. The van der Waals surface area contributed by atoms with Crippen LogP contribution in [0.4, 0.5) is 0 Å². The third kappa shape index (κ3) is 4.16. The lowest BCUT2D eigenvalue weighted by Crippen LogP contribution is -2.24.